The molecule has 8 nitrogen and oxygen atoms in total. The molecule has 39 heavy (non-hydrogen) atoms. The molecular weight excluding hydrogens is 518 g/mol. The van der Waals surface area contributed by atoms with Gasteiger partial charge in [-0.3, -0.25) is 0 Å². The quantitative estimate of drug-likeness (QED) is 0.277. The van der Waals surface area contributed by atoms with E-state index in [2.05, 4.69) is 11.1 Å². The number of carbonyl (C=O) groups is 1. The average Bonchev–Trinajstić information content (AvgIpc) is 3.38. The summed E-state index contributed by atoms with van der Waals surface area (Å²) >= 11 is 0. The van der Waals surface area contributed by atoms with Gasteiger partial charge in [0.25, 0.3) is 0 Å². The molecule has 0 amide bonds. The van der Waals surface area contributed by atoms with E-state index in [9.17, 15) is 10.1 Å². The molecule has 2 heterocycles. The number of hydrogen-bond acceptors (Lipinski definition) is 7. The van der Waals surface area contributed by atoms with Crippen LogP contribution < -0.4 is 4.74 Å². The van der Waals surface area contributed by atoms with E-state index in [4.69, 9.17) is 18.9 Å². The van der Waals surface area contributed by atoms with Gasteiger partial charge in [0.2, 0.25) is 0 Å². The molecule has 1 aromatic heterocycles. The molecule has 9 heteroatoms. The molecular formula is C30H28ClN3O5. The maximum absolute atomic E-state index is 12.3. The van der Waals surface area contributed by atoms with Crippen LogP contribution in [0.15, 0.2) is 67.1 Å². The molecule has 4 aromatic rings. The predicted molar refractivity (Wildman–Crippen MR) is 146 cm³/mol. The Morgan fingerprint density at radius 3 is 2.72 bits per heavy atom. The number of esters is 1. The van der Waals surface area contributed by atoms with Gasteiger partial charge in [-0.2, -0.15) is 5.26 Å². The van der Waals surface area contributed by atoms with Gasteiger partial charge in [0.1, 0.15) is 11.9 Å². The zero-order valence-electron chi connectivity index (χ0n) is 21.8. The zero-order valence-corrected chi connectivity index (χ0v) is 22.7. The summed E-state index contributed by atoms with van der Waals surface area (Å²) in [5.74, 6) is 0.200. The molecule has 0 saturated heterocycles. The first-order valence-electron chi connectivity index (χ1n) is 12.1. The maximum Gasteiger partial charge on any atom is 0.337 e. The van der Waals surface area contributed by atoms with Crippen LogP contribution in [-0.4, -0.2) is 29.4 Å². The molecule has 3 aromatic carbocycles. The Labute approximate surface area is 233 Å². The number of carbonyl (C=O) groups excluding carboxylic acids is 1. The summed E-state index contributed by atoms with van der Waals surface area (Å²) in [5.41, 5.74) is 7.07. The number of imidazole rings is 1. The Morgan fingerprint density at radius 2 is 2.00 bits per heavy atom. The Bertz CT molecular complexity index is 1540. The summed E-state index contributed by atoms with van der Waals surface area (Å²) < 4.78 is 24.6. The summed E-state index contributed by atoms with van der Waals surface area (Å²) in [7, 11) is 3.26. The number of halogens is 1. The zero-order chi connectivity index (χ0) is 26.6. The molecule has 1 unspecified atom stereocenters. The van der Waals surface area contributed by atoms with E-state index < -0.39 is 12.1 Å². The van der Waals surface area contributed by atoms with Gasteiger partial charge < -0.3 is 23.5 Å². The number of nitrogens with zero attached hydrogens (tertiary/aromatic N) is 3. The fourth-order valence-electron chi connectivity index (χ4n) is 4.71. The van der Waals surface area contributed by atoms with E-state index in [1.165, 1.54) is 7.11 Å². The largest absolute Gasteiger partial charge is 0.467 e. The highest BCUT2D eigenvalue weighted by molar-refractivity contribution is 5.90. The highest BCUT2D eigenvalue weighted by Gasteiger charge is 2.24. The lowest BCUT2D eigenvalue weighted by atomic mass is 9.93. The summed E-state index contributed by atoms with van der Waals surface area (Å²) in [6.45, 7) is 2.63. The summed E-state index contributed by atoms with van der Waals surface area (Å²) in [5, 5.41) is 9.83. The number of benzene rings is 3. The molecule has 0 spiro atoms. The number of fused-ring (bicyclic) bond motifs is 1. The number of aryl methyl sites for hydroxylation is 2. The highest BCUT2D eigenvalue weighted by atomic mass is 35.5. The first-order chi connectivity index (χ1) is 18.5. The Hall–Kier alpha value is -4.16. The third-order valence-corrected chi connectivity index (χ3v) is 6.64. The molecule has 1 aliphatic rings. The molecule has 5 rings (SSSR count). The average molecular weight is 546 g/mol. The van der Waals surface area contributed by atoms with Crippen molar-refractivity contribution in [3.8, 4) is 22.9 Å². The molecule has 0 N–H and O–H groups in total. The first kappa shape index (κ1) is 27.9. The summed E-state index contributed by atoms with van der Waals surface area (Å²) in [6, 6.07) is 19.5. The lowest BCUT2D eigenvalue weighted by molar-refractivity contribution is -0.0194. The predicted octanol–water partition coefficient (Wildman–Crippen LogP) is 5.65. The standard InChI is InChI=1S/C30H27N3O5.ClH/c1-19-6-4-5-7-25(19)26-12-20(8-9-21(26)13-31)29(27-14-32-17-33(27)2)37-16-24-11-22(30(34)35-3)10-23-15-36-18-38-28(23)24;/h4-12,14,17,29H,15-16,18H2,1-3H3;1H. The van der Waals surface area contributed by atoms with Gasteiger partial charge in [-0.1, -0.05) is 30.3 Å². The minimum atomic E-state index is -0.504. The second-order valence-corrected chi connectivity index (χ2v) is 9.08. The van der Waals surface area contributed by atoms with E-state index in [1.807, 2.05) is 61.0 Å². The van der Waals surface area contributed by atoms with Crippen molar-refractivity contribution in [2.45, 2.75) is 26.2 Å². The van der Waals surface area contributed by atoms with Crippen molar-refractivity contribution in [2.75, 3.05) is 13.9 Å². The van der Waals surface area contributed by atoms with Crippen LogP contribution in [-0.2, 0) is 34.5 Å². The number of methoxy groups -OCH3 is 1. The minimum absolute atomic E-state index is 0. The number of rotatable bonds is 7. The monoisotopic (exact) mass is 545 g/mol. The van der Waals surface area contributed by atoms with Gasteiger partial charge in [0, 0.05) is 23.7 Å². The fraction of sp³-hybridized carbons (Fsp3) is 0.233. The number of aromatic nitrogens is 2. The van der Waals surface area contributed by atoms with Crippen molar-refractivity contribution in [3.63, 3.8) is 0 Å². The number of hydrogen-bond donors (Lipinski definition) is 0. The van der Waals surface area contributed by atoms with Crippen LogP contribution in [0, 0.1) is 18.3 Å². The van der Waals surface area contributed by atoms with Gasteiger partial charge in [-0.25, -0.2) is 9.78 Å². The molecule has 0 aliphatic carbocycles. The Kier molecular flexibility index (Phi) is 8.67. The topological polar surface area (TPSA) is 95.6 Å². The van der Waals surface area contributed by atoms with Crippen molar-refractivity contribution in [3.05, 3.63) is 106 Å². The SMILES string of the molecule is COC(=O)c1cc2c(c(COC(c3ccc(C#N)c(-c4ccccc4C)c3)c3cncn3C)c1)OCOC2.Cl. The molecule has 200 valence electrons. The molecule has 1 atom stereocenters. The fourth-order valence-corrected chi connectivity index (χ4v) is 4.71. The van der Waals surface area contributed by atoms with Crippen molar-refractivity contribution >= 4 is 18.4 Å². The smallest absolute Gasteiger partial charge is 0.337 e. The molecule has 0 radical (unpaired) electrons. The molecule has 0 bridgehead atoms. The Balaban J connectivity index is 0.00000353. The van der Waals surface area contributed by atoms with Crippen LogP contribution in [0.4, 0.5) is 0 Å². The number of nitriles is 1. The normalized spacial score (nSPS) is 12.9. The maximum atomic E-state index is 12.3. The lowest BCUT2D eigenvalue weighted by Gasteiger charge is -2.24. The minimum Gasteiger partial charge on any atom is -0.467 e. The summed E-state index contributed by atoms with van der Waals surface area (Å²) in [6.07, 6.45) is 2.98. The van der Waals surface area contributed by atoms with Gasteiger partial charge >= 0.3 is 5.97 Å². The van der Waals surface area contributed by atoms with Crippen molar-refractivity contribution in [1.29, 1.82) is 5.26 Å². The van der Waals surface area contributed by atoms with E-state index in [0.717, 1.165) is 33.5 Å². The van der Waals surface area contributed by atoms with E-state index in [-0.39, 0.29) is 25.8 Å². The third-order valence-electron chi connectivity index (χ3n) is 6.64. The number of ether oxygens (including phenoxy) is 4. The Morgan fingerprint density at radius 1 is 1.18 bits per heavy atom. The van der Waals surface area contributed by atoms with Gasteiger partial charge in [-0.05, 0) is 47.9 Å². The molecule has 0 fully saturated rings. The van der Waals surface area contributed by atoms with E-state index in [0.29, 0.717) is 29.0 Å². The van der Waals surface area contributed by atoms with Gasteiger partial charge in [-0.15, -0.1) is 12.4 Å². The van der Waals surface area contributed by atoms with Crippen molar-refractivity contribution in [2.24, 2.45) is 7.05 Å². The summed E-state index contributed by atoms with van der Waals surface area (Å²) in [4.78, 5) is 16.6. The highest BCUT2D eigenvalue weighted by Crippen LogP contribution is 2.36. The molecule has 0 saturated carbocycles. The second kappa shape index (κ2) is 12.1. The third kappa shape index (κ3) is 5.66. The van der Waals surface area contributed by atoms with E-state index in [1.54, 1.807) is 24.7 Å². The van der Waals surface area contributed by atoms with E-state index >= 15 is 0 Å². The van der Waals surface area contributed by atoms with Crippen LogP contribution in [0.25, 0.3) is 11.1 Å². The van der Waals surface area contributed by atoms with Crippen LogP contribution in [0.1, 0.15) is 50.0 Å². The lowest BCUT2D eigenvalue weighted by Crippen LogP contribution is -2.16. The first-order valence-corrected chi connectivity index (χ1v) is 12.1. The van der Waals surface area contributed by atoms with Crippen LogP contribution >= 0.6 is 12.4 Å². The van der Waals surface area contributed by atoms with Crippen LogP contribution in [0.3, 0.4) is 0 Å². The molecule has 1 aliphatic heterocycles. The van der Waals surface area contributed by atoms with Crippen LogP contribution in [0.5, 0.6) is 5.75 Å². The second-order valence-electron chi connectivity index (χ2n) is 9.08. The van der Waals surface area contributed by atoms with Gasteiger partial charge in [0.15, 0.2) is 6.79 Å². The van der Waals surface area contributed by atoms with Crippen molar-refractivity contribution < 1.29 is 23.7 Å². The van der Waals surface area contributed by atoms with Crippen molar-refractivity contribution in [1.82, 2.24) is 9.55 Å². The van der Waals surface area contributed by atoms with Crippen LogP contribution in [0.2, 0.25) is 0 Å². The van der Waals surface area contributed by atoms with Gasteiger partial charge in [0.05, 0.1) is 55.7 Å².